The van der Waals surface area contributed by atoms with Crippen LogP contribution in [0.15, 0.2) is 12.5 Å². The van der Waals surface area contributed by atoms with E-state index in [1.165, 1.54) is 6.33 Å². The maximum Gasteiger partial charge on any atom is 0.233 e. The van der Waals surface area contributed by atoms with E-state index in [9.17, 15) is 4.79 Å². The molecule has 1 aromatic heterocycles. The number of hydrogen-bond acceptors (Lipinski definition) is 3. The molecule has 0 radical (unpaired) electrons. The van der Waals surface area contributed by atoms with Crippen LogP contribution < -0.4 is 5.32 Å². The molecule has 0 bridgehead atoms. The first-order valence-electron chi connectivity index (χ1n) is 3.93. The van der Waals surface area contributed by atoms with Crippen LogP contribution >= 0.6 is 0 Å². The zero-order chi connectivity index (χ0) is 8.55. The molecule has 1 unspecified atom stereocenters. The van der Waals surface area contributed by atoms with Crippen LogP contribution in [0.5, 0.6) is 0 Å². The number of nitrogens with zero attached hydrogens (tertiary/aromatic N) is 2. The normalized spacial score (nSPS) is 20.4. The van der Waals surface area contributed by atoms with Crippen molar-refractivity contribution in [2.45, 2.75) is 19.3 Å². The number of carbonyl (C=O) groups is 1. The Morgan fingerprint density at radius 2 is 2.50 bits per heavy atom. The minimum absolute atomic E-state index is 0.0352. The molecule has 0 saturated heterocycles. The molecule has 2 rings (SSSR count). The third kappa shape index (κ3) is 0.879. The van der Waals surface area contributed by atoms with Gasteiger partial charge < -0.3 is 5.32 Å². The highest BCUT2D eigenvalue weighted by atomic mass is 16.2. The van der Waals surface area contributed by atoms with Crippen molar-refractivity contribution in [3.63, 3.8) is 0 Å². The fourth-order valence-electron chi connectivity index (χ4n) is 1.45. The molecule has 1 aliphatic rings. The summed E-state index contributed by atoms with van der Waals surface area (Å²) in [7, 11) is 0. The predicted octanol–water partition coefficient (Wildman–Crippen LogP) is 0.922. The highest BCUT2D eigenvalue weighted by Gasteiger charge is 2.29. The molecule has 4 heteroatoms. The van der Waals surface area contributed by atoms with Crippen LogP contribution in [-0.2, 0) is 4.79 Å². The molecular weight excluding hydrogens is 154 g/mol. The average molecular weight is 163 g/mol. The van der Waals surface area contributed by atoms with Crippen molar-refractivity contribution in [3.8, 4) is 0 Å². The third-order valence-corrected chi connectivity index (χ3v) is 2.08. The minimum atomic E-state index is -0.0544. The van der Waals surface area contributed by atoms with Gasteiger partial charge in [0, 0.05) is 11.8 Å². The molecule has 0 saturated carbocycles. The summed E-state index contributed by atoms with van der Waals surface area (Å²) in [5.41, 5.74) is 0.921. The lowest BCUT2D eigenvalue weighted by molar-refractivity contribution is -0.117. The van der Waals surface area contributed by atoms with E-state index in [0.717, 1.165) is 12.0 Å². The van der Waals surface area contributed by atoms with E-state index in [1.54, 1.807) is 6.20 Å². The molecule has 0 fully saturated rings. The quantitative estimate of drug-likeness (QED) is 0.669. The molecule has 1 atom stereocenters. The SMILES string of the molecule is CCC1C(=O)Nc2ncncc21. The lowest BCUT2D eigenvalue weighted by Crippen LogP contribution is -2.10. The smallest absolute Gasteiger partial charge is 0.233 e. The van der Waals surface area contributed by atoms with E-state index in [-0.39, 0.29) is 11.8 Å². The van der Waals surface area contributed by atoms with Crippen LogP contribution in [0, 0.1) is 0 Å². The van der Waals surface area contributed by atoms with Gasteiger partial charge in [-0.3, -0.25) is 4.79 Å². The van der Waals surface area contributed by atoms with Crippen LogP contribution in [0.3, 0.4) is 0 Å². The number of aromatic nitrogens is 2. The second kappa shape index (κ2) is 2.55. The number of fused-ring (bicyclic) bond motifs is 1. The summed E-state index contributed by atoms with van der Waals surface area (Å²) < 4.78 is 0. The molecule has 1 N–H and O–H groups in total. The van der Waals surface area contributed by atoms with E-state index in [2.05, 4.69) is 15.3 Å². The molecule has 62 valence electrons. The van der Waals surface area contributed by atoms with Gasteiger partial charge in [-0.25, -0.2) is 9.97 Å². The molecule has 1 aliphatic heterocycles. The van der Waals surface area contributed by atoms with Crippen molar-refractivity contribution in [1.82, 2.24) is 9.97 Å². The van der Waals surface area contributed by atoms with Gasteiger partial charge in [-0.2, -0.15) is 0 Å². The number of rotatable bonds is 1. The third-order valence-electron chi connectivity index (χ3n) is 2.08. The second-order valence-electron chi connectivity index (χ2n) is 2.78. The van der Waals surface area contributed by atoms with Gasteiger partial charge in [0.15, 0.2) is 0 Å². The summed E-state index contributed by atoms with van der Waals surface area (Å²) in [6.45, 7) is 1.98. The standard InChI is InChI=1S/C8H9N3O/c1-2-5-6-3-9-4-10-7(6)11-8(5)12/h3-5H,2H2,1H3,(H,9,10,11,12). The van der Waals surface area contributed by atoms with Crippen molar-refractivity contribution in [2.24, 2.45) is 0 Å². The highest BCUT2D eigenvalue weighted by Crippen LogP contribution is 2.31. The summed E-state index contributed by atoms with van der Waals surface area (Å²) in [5.74, 6) is 0.649. The largest absolute Gasteiger partial charge is 0.310 e. The number of hydrogen-bond donors (Lipinski definition) is 1. The number of anilines is 1. The Kier molecular flexibility index (Phi) is 1.53. The molecule has 0 aliphatic carbocycles. The van der Waals surface area contributed by atoms with Gasteiger partial charge in [0.25, 0.3) is 0 Å². The maximum absolute atomic E-state index is 11.3. The Morgan fingerprint density at radius 3 is 3.25 bits per heavy atom. The predicted molar refractivity (Wildman–Crippen MR) is 43.7 cm³/mol. The van der Waals surface area contributed by atoms with Crippen molar-refractivity contribution in [2.75, 3.05) is 5.32 Å². The van der Waals surface area contributed by atoms with Crippen LogP contribution in [0.1, 0.15) is 24.8 Å². The lowest BCUT2D eigenvalue weighted by atomic mass is 10.0. The van der Waals surface area contributed by atoms with E-state index in [0.29, 0.717) is 5.82 Å². The first-order chi connectivity index (χ1) is 5.83. The molecule has 0 aromatic carbocycles. The van der Waals surface area contributed by atoms with Crippen molar-refractivity contribution in [3.05, 3.63) is 18.1 Å². The van der Waals surface area contributed by atoms with Crippen molar-refractivity contribution in [1.29, 1.82) is 0 Å². The summed E-state index contributed by atoms with van der Waals surface area (Å²) in [5, 5.41) is 2.71. The molecule has 4 nitrogen and oxygen atoms in total. The van der Waals surface area contributed by atoms with Crippen molar-refractivity contribution >= 4 is 11.7 Å². The number of carbonyl (C=O) groups excluding carboxylic acids is 1. The Balaban J connectivity index is 2.47. The van der Waals surface area contributed by atoms with Crippen LogP contribution in [0.25, 0.3) is 0 Å². The molecule has 12 heavy (non-hydrogen) atoms. The molecule has 1 aromatic rings. The van der Waals surface area contributed by atoms with Gasteiger partial charge >= 0.3 is 0 Å². The van der Waals surface area contributed by atoms with Crippen LogP contribution in [0.2, 0.25) is 0 Å². The van der Waals surface area contributed by atoms with Crippen LogP contribution in [-0.4, -0.2) is 15.9 Å². The first kappa shape index (κ1) is 7.21. The van der Waals surface area contributed by atoms with Gasteiger partial charge in [-0.1, -0.05) is 6.92 Å². The van der Waals surface area contributed by atoms with E-state index < -0.39 is 0 Å². The molecule has 0 spiro atoms. The second-order valence-corrected chi connectivity index (χ2v) is 2.78. The fourth-order valence-corrected chi connectivity index (χ4v) is 1.45. The average Bonchev–Trinajstić information content (AvgIpc) is 2.40. The Morgan fingerprint density at radius 1 is 1.67 bits per heavy atom. The van der Waals surface area contributed by atoms with Gasteiger partial charge in [0.05, 0.1) is 5.92 Å². The van der Waals surface area contributed by atoms with Gasteiger partial charge in [0.2, 0.25) is 5.91 Å². The minimum Gasteiger partial charge on any atom is -0.310 e. The summed E-state index contributed by atoms with van der Waals surface area (Å²) >= 11 is 0. The number of nitrogens with one attached hydrogen (secondary N) is 1. The van der Waals surface area contributed by atoms with Gasteiger partial charge in [0.1, 0.15) is 12.1 Å². The Labute approximate surface area is 70.0 Å². The Hall–Kier alpha value is -1.45. The zero-order valence-corrected chi connectivity index (χ0v) is 6.74. The Bertz CT molecular complexity index is 324. The number of amides is 1. The fraction of sp³-hybridized carbons (Fsp3) is 0.375. The zero-order valence-electron chi connectivity index (χ0n) is 6.74. The highest BCUT2D eigenvalue weighted by molar-refractivity contribution is 6.01. The monoisotopic (exact) mass is 163 g/mol. The van der Waals surface area contributed by atoms with Crippen molar-refractivity contribution < 1.29 is 4.79 Å². The first-order valence-corrected chi connectivity index (χ1v) is 3.93. The molecular formula is C8H9N3O. The maximum atomic E-state index is 11.3. The van der Waals surface area contributed by atoms with E-state index >= 15 is 0 Å². The van der Waals surface area contributed by atoms with Crippen LogP contribution in [0.4, 0.5) is 5.82 Å². The summed E-state index contributed by atoms with van der Waals surface area (Å²) in [6.07, 6.45) is 3.94. The van der Waals surface area contributed by atoms with Gasteiger partial charge in [-0.05, 0) is 6.42 Å². The topological polar surface area (TPSA) is 54.9 Å². The van der Waals surface area contributed by atoms with Gasteiger partial charge in [-0.15, -0.1) is 0 Å². The lowest BCUT2D eigenvalue weighted by Gasteiger charge is -2.01. The summed E-state index contributed by atoms with van der Waals surface area (Å²) in [6, 6.07) is 0. The molecule has 1 amide bonds. The van der Waals surface area contributed by atoms with E-state index in [1.807, 2.05) is 6.92 Å². The van der Waals surface area contributed by atoms with E-state index in [4.69, 9.17) is 0 Å². The molecule has 2 heterocycles. The summed E-state index contributed by atoms with van der Waals surface area (Å²) in [4.78, 5) is 19.1.